The van der Waals surface area contributed by atoms with Crippen LogP contribution in [-0.4, -0.2) is 11.5 Å². The Kier molecular flexibility index (Phi) is 4.27. The molecule has 0 bridgehead atoms. The number of benzene rings is 1. The first-order valence-electron chi connectivity index (χ1n) is 7.10. The Morgan fingerprint density at radius 1 is 1.24 bits per heavy atom. The molecule has 2 nitrogen and oxygen atoms in total. The van der Waals surface area contributed by atoms with Gasteiger partial charge in [0.05, 0.1) is 12.2 Å². The van der Waals surface area contributed by atoms with Crippen LogP contribution >= 0.6 is 11.3 Å². The molecule has 3 rings (SSSR count). The minimum atomic E-state index is -0.295. The minimum absolute atomic E-state index is 0.00875. The summed E-state index contributed by atoms with van der Waals surface area (Å²) in [5, 5.41) is 4.72. The summed E-state index contributed by atoms with van der Waals surface area (Å²) in [6.07, 6.45) is 4.01. The summed E-state index contributed by atoms with van der Waals surface area (Å²) in [5.74, 6) is -0.295. The second-order valence-electron chi connectivity index (χ2n) is 5.01. The molecule has 1 N–H and O–H groups in total. The van der Waals surface area contributed by atoms with Crippen LogP contribution in [-0.2, 0) is 0 Å². The number of pyridine rings is 1. The summed E-state index contributed by atoms with van der Waals surface area (Å²) in [5.41, 5.74) is 0.870. The Morgan fingerprint density at radius 3 is 2.86 bits per heavy atom. The van der Waals surface area contributed by atoms with Crippen LogP contribution in [0.25, 0.3) is 10.1 Å². The van der Waals surface area contributed by atoms with Gasteiger partial charge in [-0.15, -0.1) is 11.3 Å². The topological polar surface area (TPSA) is 24.9 Å². The Labute approximate surface area is 127 Å². The van der Waals surface area contributed by atoms with E-state index in [1.54, 1.807) is 23.6 Å². The molecule has 0 amide bonds. The van der Waals surface area contributed by atoms with Crippen molar-refractivity contribution in [3.8, 4) is 0 Å². The Hall–Kier alpha value is -1.78. The van der Waals surface area contributed by atoms with E-state index in [1.165, 1.54) is 21.2 Å². The highest BCUT2D eigenvalue weighted by Gasteiger charge is 2.17. The molecule has 0 fully saturated rings. The number of rotatable bonds is 5. The lowest BCUT2D eigenvalue weighted by atomic mass is 10.1. The monoisotopic (exact) mass is 300 g/mol. The van der Waals surface area contributed by atoms with Gasteiger partial charge in [-0.1, -0.05) is 25.1 Å². The van der Waals surface area contributed by atoms with E-state index in [0.717, 1.165) is 18.5 Å². The molecule has 21 heavy (non-hydrogen) atoms. The second kappa shape index (κ2) is 6.33. The molecule has 0 radical (unpaired) electrons. The fourth-order valence-corrected chi connectivity index (χ4v) is 3.57. The zero-order valence-electron chi connectivity index (χ0n) is 11.8. The number of halogens is 1. The van der Waals surface area contributed by atoms with E-state index in [1.807, 2.05) is 12.1 Å². The molecule has 4 heteroatoms. The van der Waals surface area contributed by atoms with Gasteiger partial charge in [-0.25, -0.2) is 4.39 Å². The van der Waals surface area contributed by atoms with E-state index in [4.69, 9.17) is 0 Å². The predicted octanol–water partition coefficient (Wildman–Crippen LogP) is 4.52. The van der Waals surface area contributed by atoms with Crippen molar-refractivity contribution >= 4 is 21.4 Å². The van der Waals surface area contributed by atoms with Gasteiger partial charge in [0.15, 0.2) is 0 Å². The Morgan fingerprint density at radius 2 is 2.10 bits per heavy atom. The standard InChI is InChI=1S/C17H17FN2S/c1-2-7-20-17(13-8-14(18)11-19-10-13)16-9-12-5-3-4-6-15(12)21-16/h3-6,8-11,17,20H,2,7H2,1H3. The molecule has 1 aromatic carbocycles. The fraction of sp³-hybridized carbons (Fsp3) is 0.235. The lowest BCUT2D eigenvalue weighted by Gasteiger charge is -2.17. The van der Waals surface area contributed by atoms with Crippen LogP contribution in [0.15, 0.2) is 48.8 Å². The number of fused-ring (bicyclic) bond motifs is 1. The van der Waals surface area contributed by atoms with E-state index < -0.39 is 0 Å². The maximum atomic E-state index is 13.5. The highest BCUT2D eigenvalue weighted by atomic mass is 32.1. The maximum absolute atomic E-state index is 13.5. The van der Waals surface area contributed by atoms with Crippen molar-refractivity contribution < 1.29 is 4.39 Å². The molecule has 0 aliphatic rings. The van der Waals surface area contributed by atoms with Crippen LogP contribution in [0.4, 0.5) is 4.39 Å². The van der Waals surface area contributed by atoms with Gasteiger partial charge in [-0.05, 0) is 42.1 Å². The summed E-state index contributed by atoms with van der Waals surface area (Å²) in [7, 11) is 0. The largest absolute Gasteiger partial charge is 0.306 e. The van der Waals surface area contributed by atoms with Crippen molar-refractivity contribution in [1.29, 1.82) is 0 Å². The van der Waals surface area contributed by atoms with Crippen molar-refractivity contribution in [3.63, 3.8) is 0 Å². The van der Waals surface area contributed by atoms with Gasteiger partial charge in [0.25, 0.3) is 0 Å². The van der Waals surface area contributed by atoms with Gasteiger partial charge in [0.2, 0.25) is 0 Å². The molecule has 3 aromatic rings. The average Bonchev–Trinajstić information content (AvgIpc) is 2.91. The van der Waals surface area contributed by atoms with Crippen molar-refractivity contribution in [2.75, 3.05) is 6.54 Å². The van der Waals surface area contributed by atoms with Gasteiger partial charge < -0.3 is 5.32 Å². The van der Waals surface area contributed by atoms with Gasteiger partial charge in [-0.3, -0.25) is 4.98 Å². The van der Waals surface area contributed by atoms with Crippen molar-refractivity contribution in [1.82, 2.24) is 10.3 Å². The van der Waals surface area contributed by atoms with E-state index >= 15 is 0 Å². The SMILES string of the molecule is CCCNC(c1cncc(F)c1)c1cc2ccccc2s1. The van der Waals surface area contributed by atoms with Crippen molar-refractivity contribution in [2.24, 2.45) is 0 Å². The van der Waals surface area contributed by atoms with Crippen LogP contribution in [0.1, 0.15) is 29.8 Å². The van der Waals surface area contributed by atoms with Crippen LogP contribution in [0.2, 0.25) is 0 Å². The summed E-state index contributed by atoms with van der Waals surface area (Å²) < 4.78 is 14.7. The Balaban J connectivity index is 2.02. The molecular weight excluding hydrogens is 283 g/mol. The van der Waals surface area contributed by atoms with Gasteiger partial charge in [-0.2, -0.15) is 0 Å². The lowest BCUT2D eigenvalue weighted by Crippen LogP contribution is -2.22. The smallest absolute Gasteiger partial charge is 0.141 e. The minimum Gasteiger partial charge on any atom is -0.306 e. The molecule has 0 saturated heterocycles. The lowest BCUT2D eigenvalue weighted by molar-refractivity contribution is 0.585. The second-order valence-corrected chi connectivity index (χ2v) is 6.13. The Bertz CT molecular complexity index is 705. The number of aromatic nitrogens is 1. The third kappa shape index (κ3) is 3.12. The molecule has 2 aromatic heterocycles. The highest BCUT2D eigenvalue weighted by molar-refractivity contribution is 7.19. The van der Waals surface area contributed by atoms with E-state index in [9.17, 15) is 4.39 Å². The molecule has 0 aliphatic carbocycles. The molecule has 1 unspecified atom stereocenters. The van der Waals surface area contributed by atoms with Gasteiger partial charge in [0, 0.05) is 15.8 Å². The van der Waals surface area contributed by atoms with E-state index in [2.05, 4.69) is 35.4 Å². The summed E-state index contributed by atoms with van der Waals surface area (Å²) in [6.45, 7) is 3.01. The first kappa shape index (κ1) is 14.2. The molecule has 108 valence electrons. The number of thiophene rings is 1. The average molecular weight is 300 g/mol. The summed E-state index contributed by atoms with van der Waals surface area (Å²) in [4.78, 5) is 5.17. The highest BCUT2D eigenvalue weighted by Crippen LogP contribution is 2.33. The molecule has 0 aliphatic heterocycles. The number of nitrogens with zero attached hydrogens (tertiary/aromatic N) is 1. The molecular formula is C17H17FN2S. The number of nitrogens with one attached hydrogen (secondary N) is 1. The van der Waals surface area contributed by atoms with Gasteiger partial charge >= 0.3 is 0 Å². The van der Waals surface area contributed by atoms with Crippen LogP contribution in [0.5, 0.6) is 0 Å². The predicted molar refractivity (Wildman–Crippen MR) is 86.2 cm³/mol. The first-order valence-corrected chi connectivity index (χ1v) is 7.92. The van der Waals surface area contributed by atoms with E-state index in [0.29, 0.717) is 0 Å². The first-order chi connectivity index (χ1) is 10.3. The van der Waals surface area contributed by atoms with Crippen LogP contribution < -0.4 is 5.32 Å². The number of hydrogen-bond donors (Lipinski definition) is 1. The zero-order chi connectivity index (χ0) is 14.7. The molecule has 1 atom stereocenters. The maximum Gasteiger partial charge on any atom is 0.141 e. The fourth-order valence-electron chi connectivity index (χ4n) is 2.40. The zero-order valence-corrected chi connectivity index (χ0v) is 12.7. The van der Waals surface area contributed by atoms with Crippen molar-refractivity contribution in [2.45, 2.75) is 19.4 Å². The third-order valence-electron chi connectivity index (χ3n) is 3.39. The third-order valence-corrected chi connectivity index (χ3v) is 4.57. The van der Waals surface area contributed by atoms with Crippen molar-refractivity contribution in [3.05, 3.63) is 65.0 Å². The number of hydrogen-bond acceptors (Lipinski definition) is 3. The van der Waals surface area contributed by atoms with Crippen LogP contribution in [0, 0.1) is 5.82 Å². The van der Waals surface area contributed by atoms with Crippen LogP contribution in [0.3, 0.4) is 0 Å². The molecule has 0 spiro atoms. The quantitative estimate of drug-likeness (QED) is 0.749. The van der Waals surface area contributed by atoms with E-state index in [-0.39, 0.29) is 11.9 Å². The molecule has 2 heterocycles. The summed E-state index contributed by atoms with van der Waals surface area (Å²) in [6, 6.07) is 12.0. The summed E-state index contributed by atoms with van der Waals surface area (Å²) >= 11 is 1.74. The molecule has 0 saturated carbocycles. The normalized spacial score (nSPS) is 12.7. The van der Waals surface area contributed by atoms with Gasteiger partial charge in [0.1, 0.15) is 5.82 Å².